The predicted octanol–water partition coefficient (Wildman–Crippen LogP) is 4.00. The van der Waals surface area contributed by atoms with E-state index in [2.05, 4.69) is 4.98 Å². The zero-order chi connectivity index (χ0) is 12.4. The lowest BCUT2D eigenvalue weighted by Crippen LogP contribution is -2.14. The summed E-state index contributed by atoms with van der Waals surface area (Å²) in [4.78, 5) is 4.38. The van der Waals surface area contributed by atoms with Crippen molar-refractivity contribution in [2.75, 3.05) is 0 Å². The lowest BCUT2D eigenvalue weighted by molar-refractivity contribution is 0.700. The molecule has 1 atom stereocenters. The molecule has 0 spiro atoms. The van der Waals surface area contributed by atoms with E-state index in [4.69, 9.17) is 28.9 Å². The molecule has 90 valence electrons. The molecule has 2 nitrogen and oxygen atoms in total. The van der Waals surface area contributed by atoms with Gasteiger partial charge in [0.25, 0.3) is 0 Å². The van der Waals surface area contributed by atoms with Crippen LogP contribution in [-0.2, 0) is 6.42 Å². The number of thiazole rings is 1. The van der Waals surface area contributed by atoms with Crippen LogP contribution >= 0.6 is 34.5 Å². The minimum absolute atomic E-state index is 0.143. The molecule has 2 N–H and O–H groups in total. The Labute approximate surface area is 114 Å². The monoisotopic (exact) mass is 286 g/mol. The average Bonchev–Trinajstić information content (AvgIpc) is 2.70. The highest BCUT2D eigenvalue weighted by Crippen LogP contribution is 2.25. The number of hydrogen-bond donors (Lipinski definition) is 1. The van der Waals surface area contributed by atoms with Crippen LogP contribution in [0.25, 0.3) is 0 Å². The fourth-order valence-electron chi connectivity index (χ4n) is 1.59. The maximum Gasteiger partial charge on any atom is 0.0898 e. The number of aromatic nitrogens is 1. The van der Waals surface area contributed by atoms with Crippen molar-refractivity contribution in [2.24, 2.45) is 5.73 Å². The van der Waals surface area contributed by atoms with Crippen LogP contribution in [0.3, 0.4) is 0 Å². The Morgan fingerprint density at radius 1 is 1.41 bits per heavy atom. The van der Waals surface area contributed by atoms with Crippen molar-refractivity contribution in [2.45, 2.75) is 19.4 Å². The van der Waals surface area contributed by atoms with Crippen LogP contribution in [0, 0.1) is 6.92 Å². The summed E-state index contributed by atoms with van der Waals surface area (Å²) in [7, 11) is 0. The molecular weight excluding hydrogens is 275 g/mol. The fraction of sp³-hybridized carbons (Fsp3) is 0.250. The number of aryl methyl sites for hydroxylation is 1. The highest BCUT2D eigenvalue weighted by molar-refractivity contribution is 7.09. The molecule has 0 aliphatic rings. The lowest BCUT2D eigenvalue weighted by atomic mass is 10.0. The molecular formula is C12H12Cl2N2S. The summed E-state index contributed by atoms with van der Waals surface area (Å²) >= 11 is 13.6. The van der Waals surface area contributed by atoms with E-state index in [1.807, 2.05) is 18.4 Å². The van der Waals surface area contributed by atoms with Gasteiger partial charge in [0.2, 0.25) is 0 Å². The molecule has 0 saturated carbocycles. The molecule has 0 aliphatic carbocycles. The first-order valence-electron chi connectivity index (χ1n) is 5.18. The fourth-order valence-corrected chi connectivity index (χ4v) is 2.66. The Kier molecular flexibility index (Phi) is 4.05. The van der Waals surface area contributed by atoms with Gasteiger partial charge in [-0.25, -0.2) is 4.98 Å². The topological polar surface area (TPSA) is 38.9 Å². The van der Waals surface area contributed by atoms with Crippen molar-refractivity contribution >= 4 is 34.5 Å². The maximum atomic E-state index is 6.10. The van der Waals surface area contributed by atoms with Crippen LogP contribution in [-0.4, -0.2) is 4.98 Å². The molecule has 0 aliphatic heterocycles. The first kappa shape index (κ1) is 12.8. The van der Waals surface area contributed by atoms with Gasteiger partial charge in [0.15, 0.2) is 0 Å². The summed E-state index contributed by atoms with van der Waals surface area (Å²) in [5.74, 6) is 0. The molecule has 1 aromatic carbocycles. The number of benzene rings is 1. The van der Waals surface area contributed by atoms with Gasteiger partial charge in [0.05, 0.1) is 16.7 Å². The molecule has 2 aromatic rings. The van der Waals surface area contributed by atoms with Gasteiger partial charge in [-0.2, -0.15) is 0 Å². The highest BCUT2D eigenvalue weighted by atomic mass is 35.5. The summed E-state index contributed by atoms with van der Waals surface area (Å²) in [5, 5.41) is 4.37. The SMILES string of the molecule is Cc1nc(C(N)Cc2cc(Cl)ccc2Cl)cs1. The summed E-state index contributed by atoms with van der Waals surface area (Å²) < 4.78 is 0. The van der Waals surface area contributed by atoms with Crippen molar-refractivity contribution in [3.05, 3.63) is 49.9 Å². The van der Waals surface area contributed by atoms with E-state index in [0.29, 0.717) is 16.5 Å². The second kappa shape index (κ2) is 5.36. The van der Waals surface area contributed by atoms with Crippen LogP contribution in [0.4, 0.5) is 0 Å². The van der Waals surface area contributed by atoms with Crippen molar-refractivity contribution in [1.29, 1.82) is 0 Å². The minimum Gasteiger partial charge on any atom is -0.322 e. The standard InChI is InChI=1S/C12H12Cl2N2S/c1-7-16-12(6-17-7)11(15)5-8-4-9(13)2-3-10(8)14/h2-4,6,11H,5,15H2,1H3. The van der Waals surface area contributed by atoms with E-state index in [1.165, 1.54) is 0 Å². The average molecular weight is 287 g/mol. The molecule has 1 aromatic heterocycles. The van der Waals surface area contributed by atoms with Crippen LogP contribution in [0.5, 0.6) is 0 Å². The van der Waals surface area contributed by atoms with Gasteiger partial charge in [0, 0.05) is 15.4 Å². The van der Waals surface area contributed by atoms with Gasteiger partial charge >= 0.3 is 0 Å². The normalized spacial score (nSPS) is 12.7. The van der Waals surface area contributed by atoms with Gasteiger partial charge < -0.3 is 5.73 Å². The summed E-state index contributed by atoms with van der Waals surface area (Å²) in [6, 6.07) is 5.27. The first-order chi connectivity index (χ1) is 8.06. The molecule has 0 radical (unpaired) electrons. The third-order valence-corrected chi connectivity index (χ3v) is 3.86. The Balaban J connectivity index is 2.18. The second-order valence-corrected chi connectivity index (χ2v) is 5.74. The number of hydrogen-bond acceptors (Lipinski definition) is 3. The lowest BCUT2D eigenvalue weighted by Gasteiger charge is -2.10. The molecule has 0 fully saturated rings. The van der Waals surface area contributed by atoms with Gasteiger partial charge in [-0.1, -0.05) is 23.2 Å². The van der Waals surface area contributed by atoms with Crippen LogP contribution < -0.4 is 5.73 Å². The van der Waals surface area contributed by atoms with E-state index in [1.54, 1.807) is 23.5 Å². The molecule has 0 bridgehead atoms. The first-order valence-corrected chi connectivity index (χ1v) is 6.81. The van der Waals surface area contributed by atoms with Crippen molar-refractivity contribution < 1.29 is 0 Å². The minimum atomic E-state index is -0.143. The largest absolute Gasteiger partial charge is 0.322 e. The number of nitrogens with two attached hydrogens (primary N) is 1. The van der Waals surface area contributed by atoms with Gasteiger partial charge in [-0.05, 0) is 37.1 Å². The van der Waals surface area contributed by atoms with Crippen LogP contribution in [0.2, 0.25) is 10.0 Å². The van der Waals surface area contributed by atoms with Crippen molar-refractivity contribution in [3.63, 3.8) is 0 Å². The third-order valence-electron chi connectivity index (χ3n) is 2.46. The van der Waals surface area contributed by atoms with Gasteiger partial charge in [-0.3, -0.25) is 0 Å². The summed E-state index contributed by atoms with van der Waals surface area (Å²) in [6.45, 7) is 1.97. The quantitative estimate of drug-likeness (QED) is 0.926. The summed E-state index contributed by atoms with van der Waals surface area (Å²) in [5.41, 5.74) is 7.96. The number of halogens is 2. The Morgan fingerprint density at radius 3 is 2.82 bits per heavy atom. The van der Waals surface area contributed by atoms with E-state index in [-0.39, 0.29) is 6.04 Å². The highest BCUT2D eigenvalue weighted by Gasteiger charge is 2.12. The number of nitrogens with zero attached hydrogens (tertiary/aromatic N) is 1. The molecule has 5 heteroatoms. The molecule has 2 rings (SSSR count). The second-order valence-electron chi connectivity index (χ2n) is 3.84. The van der Waals surface area contributed by atoms with E-state index < -0.39 is 0 Å². The predicted molar refractivity (Wildman–Crippen MR) is 73.9 cm³/mol. The smallest absolute Gasteiger partial charge is 0.0898 e. The summed E-state index contributed by atoms with van der Waals surface area (Å²) in [6.07, 6.45) is 0.641. The Morgan fingerprint density at radius 2 is 2.18 bits per heavy atom. The van der Waals surface area contributed by atoms with E-state index in [9.17, 15) is 0 Å². The molecule has 17 heavy (non-hydrogen) atoms. The molecule has 0 saturated heterocycles. The molecule has 0 amide bonds. The zero-order valence-electron chi connectivity index (χ0n) is 9.28. The van der Waals surface area contributed by atoms with E-state index >= 15 is 0 Å². The van der Waals surface area contributed by atoms with Crippen molar-refractivity contribution in [1.82, 2.24) is 4.98 Å². The third kappa shape index (κ3) is 3.19. The van der Waals surface area contributed by atoms with Crippen LogP contribution in [0.1, 0.15) is 22.3 Å². The Hall–Kier alpha value is -0.610. The van der Waals surface area contributed by atoms with Gasteiger partial charge in [-0.15, -0.1) is 11.3 Å². The van der Waals surface area contributed by atoms with Gasteiger partial charge in [0.1, 0.15) is 0 Å². The molecule has 1 heterocycles. The van der Waals surface area contributed by atoms with Crippen molar-refractivity contribution in [3.8, 4) is 0 Å². The number of rotatable bonds is 3. The van der Waals surface area contributed by atoms with E-state index in [0.717, 1.165) is 16.3 Å². The van der Waals surface area contributed by atoms with Crippen LogP contribution in [0.15, 0.2) is 23.6 Å². The maximum absolute atomic E-state index is 6.10. The Bertz CT molecular complexity index is 525. The molecule has 1 unspecified atom stereocenters. The zero-order valence-corrected chi connectivity index (χ0v) is 11.6.